The van der Waals surface area contributed by atoms with Crippen molar-refractivity contribution in [2.45, 2.75) is 75.8 Å². The van der Waals surface area contributed by atoms with Crippen LogP contribution in [0.3, 0.4) is 0 Å². The summed E-state index contributed by atoms with van der Waals surface area (Å²) in [5, 5.41) is 0. The van der Waals surface area contributed by atoms with Gasteiger partial charge in [-0.3, -0.25) is 4.90 Å². The van der Waals surface area contributed by atoms with E-state index in [0.717, 1.165) is 31.7 Å². The van der Waals surface area contributed by atoms with Gasteiger partial charge in [0.15, 0.2) is 0 Å². The van der Waals surface area contributed by atoms with Crippen molar-refractivity contribution in [2.75, 3.05) is 26.7 Å². The van der Waals surface area contributed by atoms with E-state index in [1.165, 1.54) is 25.7 Å². The zero-order chi connectivity index (χ0) is 14.5. The van der Waals surface area contributed by atoms with Crippen LogP contribution in [-0.4, -0.2) is 65.8 Å². The highest BCUT2D eigenvalue weighted by molar-refractivity contribution is 5.08. The van der Waals surface area contributed by atoms with Crippen LogP contribution >= 0.6 is 0 Å². The second-order valence-corrected chi connectivity index (χ2v) is 7.96. The molecule has 3 atom stereocenters. The number of rotatable bonds is 2. The van der Waals surface area contributed by atoms with Gasteiger partial charge in [0, 0.05) is 37.3 Å². The first kappa shape index (κ1) is 14.8. The molecule has 3 saturated heterocycles. The average molecular weight is 281 g/mol. The highest BCUT2D eigenvalue weighted by Crippen LogP contribution is 2.43. The molecule has 3 aliphatic rings. The lowest BCUT2D eigenvalue weighted by Crippen LogP contribution is -2.67. The molecular weight excluding hydrogens is 250 g/mol. The van der Waals surface area contributed by atoms with E-state index < -0.39 is 0 Å². The van der Waals surface area contributed by atoms with Crippen molar-refractivity contribution in [2.24, 2.45) is 5.73 Å². The van der Waals surface area contributed by atoms with Gasteiger partial charge in [0.05, 0.1) is 11.7 Å². The molecule has 2 N–H and O–H groups in total. The minimum Gasteiger partial charge on any atom is -0.370 e. The molecule has 0 aromatic heterocycles. The van der Waals surface area contributed by atoms with Gasteiger partial charge in [-0.25, -0.2) is 0 Å². The number of nitrogens with zero attached hydrogens (tertiary/aromatic N) is 2. The van der Waals surface area contributed by atoms with E-state index in [2.05, 4.69) is 37.6 Å². The highest BCUT2D eigenvalue weighted by atomic mass is 16.5. The Labute approximate surface area is 123 Å². The Kier molecular flexibility index (Phi) is 3.65. The van der Waals surface area contributed by atoms with E-state index in [0.29, 0.717) is 6.10 Å². The van der Waals surface area contributed by atoms with Crippen molar-refractivity contribution in [3.8, 4) is 0 Å². The number of hydrogen-bond acceptors (Lipinski definition) is 4. The molecule has 0 aliphatic carbocycles. The Balaban J connectivity index is 1.83. The van der Waals surface area contributed by atoms with Crippen LogP contribution in [0.15, 0.2) is 0 Å². The van der Waals surface area contributed by atoms with Gasteiger partial charge in [-0.1, -0.05) is 0 Å². The fourth-order valence-electron chi connectivity index (χ4n) is 4.91. The maximum absolute atomic E-state index is 6.30. The smallest absolute Gasteiger partial charge is 0.0757 e. The van der Waals surface area contributed by atoms with E-state index >= 15 is 0 Å². The molecule has 3 rings (SSSR count). The summed E-state index contributed by atoms with van der Waals surface area (Å²) >= 11 is 0. The molecule has 3 unspecified atom stereocenters. The first-order valence-corrected chi connectivity index (χ1v) is 8.20. The van der Waals surface area contributed by atoms with Gasteiger partial charge < -0.3 is 15.4 Å². The fourth-order valence-corrected chi connectivity index (χ4v) is 4.91. The van der Waals surface area contributed by atoms with E-state index in [-0.39, 0.29) is 11.1 Å². The Hall–Kier alpha value is -0.160. The summed E-state index contributed by atoms with van der Waals surface area (Å²) in [6, 6.07) is 1.47. The number of piperidine rings is 1. The summed E-state index contributed by atoms with van der Waals surface area (Å²) < 4.78 is 6.08. The normalized spacial score (nSPS) is 45.8. The molecular formula is C16H31N3O. The van der Waals surface area contributed by atoms with Crippen LogP contribution in [0.4, 0.5) is 0 Å². The summed E-state index contributed by atoms with van der Waals surface area (Å²) in [6.45, 7) is 9.45. The third-order valence-corrected chi connectivity index (χ3v) is 5.84. The van der Waals surface area contributed by atoms with Gasteiger partial charge in [-0.15, -0.1) is 0 Å². The molecule has 0 aromatic carbocycles. The Morgan fingerprint density at radius 2 is 1.80 bits per heavy atom. The maximum Gasteiger partial charge on any atom is 0.0757 e. The second-order valence-electron chi connectivity index (χ2n) is 7.96. The zero-order valence-electron chi connectivity index (χ0n) is 13.6. The van der Waals surface area contributed by atoms with Crippen LogP contribution in [0.25, 0.3) is 0 Å². The number of nitrogens with two attached hydrogens (primary N) is 1. The minimum atomic E-state index is -0.0533. The van der Waals surface area contributed by atoms with Gasteiger partial charge in [-0.05, 0) is 53.5 Å². The topological polar surface area (TPSA) is 41.7 Å². The van der Waals surface area contributed by atoms with Crippen molar-refractivity contribution >= 4 is 0 Å². The van der Waals surface area contributed by atoms with Gasteiger partial charge in [0.25, 0.3) is 0 Å². The molecule has 4 nitrogen and oxygen atoms in total. The van der Waals surface area contributed by atoms with E-state index in [4.69, 9.17) is 10.5 Å². The van der Waals surface area contributed by atoms with E-state index in [9.17, 15) is 0 Å². The zero-order valence-corrected chi connectivity index (χ0v) is 13.6. The highest BCUT2D eigenvalue weighted by Gasteiger charge is 2.51. The molecule has 3 fully saturated rings. The first-order chi connectivity index (χ1) is 9.35. The van der Waals surface area contributed by atoms with Crippen molar-refractivity contribution in [1.82, 2.24) is 9.80 Å². The molecule has 0 spiro atoms. The second kappa shape index (κ2) is 4.94. The Morgan fingerprint density at radius 3 is 2.30 bits per heavy atom. The molecule has 3 heterocycles. The van der Waals surface area contributed by atoms with Crippen LogP contribution in [0.2, 0.25) is 0 Å². The molecule has 0 aromatic rings. The van der Waals surface area contributed by atoms with Crippen LogP contribution < -0.4 is 5.73 Å². The van der Waals surface area contributed by atoms with E-state index in [1.807, 2.05) is 0 Å². The third-order valence-electron chi connectivity index (χ3n) is 5.84. The van der Waals surface area contributed by atoms with Gasteiger partial charge in [0.1, 0.15) is 0 Å². The molecule has 4 heteroatoms. The monoisotopic (exact) mass is 281 g/mol. The SMILES string of the molecule is CC1CN(C2(CN)CC3CCC(C2)N3C)CC(C)(C)O1. The van der Waals surface area contributed by atoms with Gasteiger partial charge in [0.2, 0.25) is 0 Å². The molecule has 2 bridgehead atoms. The lowest BCUT2D eigenvalue weighted by atomic mass is 9.80. The van der Waals surface area contributed by atoms with Crippen LogP contribution in [0, 0.1) is 0 Å². The molecule has 116 valence electrons. The predicted molar refractivity (Wildman–Crippen MR) is 81.8 cm³/mol. The molecule has 0 saturated carbocycles. The average Bonchev–Trinajstić information content (AvgIpc) is 2.60. The predicted octanol–water partition coefficient (Wildman–Crippen LogP) is 1.44. The third kappa shape index (κ3) is 2.41. The quantitative estimate of drug-likeness (QED) is 0.831. The summed E-state index contributed by atoms with van der Waals surface area (Å²) in [4.78, 5) is 5.27. The summed E-state index contributed by atoms with van der Waals surface area (Å²) in [6.07, 6.45) is 5.48. The first-order valence-electron chi connectivity index (χ1n) is 8.20. The van der Waals surface area contributed by atoms with Crippen molar-refractivity contribution in [3.63, 3.8) is 0 Å². The molecule has 0 radical (unpaired) electrons. The molecule has 20 heavy (non-hydrogen) atoms. The standard InChI is InChI=1S/C16H31N3O/c1-12-9-19(11-15(2,3)20-12)16(10-17)7-13-5-6-14(8-16)18(13)4/h12-14H,5-11,17H2,1-4H3. The summed E-state index contributed by atoms with van der Waals surface area (Å²) in [7, 11) is 2.30. The largest absolute Gasteiger partial charge is 0.370 e. The van der Waals surface area contributed by atoms with Crippen LogP contribution in [0.1, 0.15) is 46.5 Å². The number of morpholine rings is 1. The lowest BCUT2D eigenvalue weighted by Gasteiger charge is -2.55. The van der Waals surface area contributed by atoms with Crippen molar-refractivity contribution in [3.05, 3.63) is 0 Å². The van der Waals surface area contributed by atoms with Crippen LogP contribution in [0.5, 0.6) is 0 Å². The van der Waals surface area contributed by atoms with Gasteiger partial charge >= 0.3 is 0 Å². The van der Waals surface area contributed by atoms with E-state index in [1.54, 1.807) is 0 Å². The van der Waals surface area contributed by atoms with Gasteiger partial charge in [-0.2, -0.15) is 0 Å². The Bertz CT molecular complexity index is 357. The number of hydrogen-bond donors (Lipinski definition) is 1. The van der Waals surface area contributed by atoms with Crippen molar-refractivity contribution in [1.29, 1.82) is 0 Å². The number of ether oxygens (including phenoxy) is 1. The Morgan fingerprint density at radius 1 is 1.20 bits per heavy atom. The maximum atomic E-state index is 6.30. The molecule has 0 amide bonds. The van der Waals surface area contributed by atoms with Crippen molar-refractivity contribution < 1.29 is 4.74 Å². The lowest BCUT2D eigenvalue weighted by molar-refractivity contribution is -0.162. The number of fused-ring (bicyclic) bond motifs is 2. The fraction of sp³-hybridized carbons (Fsp3) is 1.00. The van der Waals surface area contributed by atoms with Crippen LogP contribution in [-0.2, 0) is 4.74 Å². The summed E-state index contributed by atoms with van der Waals surface area (Å²) in [5.74, 6) is 0. The summed E-state index contributed by atoms with van der Waals surface area (Å²) in [5.41, 5.74) is 6.45. The molecule has 3 aliphatic heterocycles. The minimum absolute atomic E-state index is 0.0533.